The van der Waals surface area contributed by atoms with Crippen molar-refractivity contribution in [1.82, 2.24) is 9.80 Å². The summed E-state index contributed by atoms with van der Waals surface area (Å²) in [6.45, 7) is 2.51. The maximum Gasteiger partial charge on any atom is 0.266 e. The van der Waals surface area contributed by atoms with Crippen LogP contribution in [-0.4, -0.2) is 58.4 Å². The molecule has 6 nitrogen and oxygen atoms in total. The van der Waals surface area contributed by atoms with Crippen LogP contribution in [0.15, 0.2) is 40.6 Å². The largest absolute Gasteiger partial charge is 0.333 e. The lowest BCUT2D eigenvalue weighted by molar-refractivity contribution is -0.134. The van der Waals surface area contributed by atoms with E-state index in [0.717, 1.165) is 16.0 Å². The van der Waals surface area contributed by atoms with Gasteiger partial charge in [0, 0.05) is 28.9 Å². The number of hydrogen-bond acceptors (Lipinski definition) is 7. The molecule has 11 heteroatoms. The number of benzene rings is 1. The van der Waals surface area contributed by atoms with Crippen molar-refractivity contribution in [2.75, 3.05) is 18.1 Å². The Bertz CT molecular complexity index is 1250. The van der Waals surface area contributed by atoms with Crippen LogP contribution in [0.3, 0.4) is 0 Å². The molecule has 1 aromatic carbocycles. The third kappa shape index (κ3) is 5.91. The van der Waals surface area contributed by atoms with Crippen LogP contribution in [-0.2, 0) is 26.0 Å². The number of thioether (sulfide) groups is 1. The molecular weight excluding hydrogens is 532 g/mol. The molecule has 0 aliphatic carbocycles. The molecule has 1 aromatic heterocycles. The Morgan fingerprint density at radius 1 is 1.29 bits per heavy atom. The number of aryl methyl sites for hydroxylation is 1. The zero-order valence-electron chi connectivity index (χ0n) is 18.4. The lowest BCUT2D eigenvalue weighted by atomic mass is 10.1. The molecule has 0 spiro atoms. The molecule has 0 N–H and O–H groups in total. The molecule has 2 aromatic rings. The first kappa shape index (κ1) is 25.4. The number of sulfone groups is 1. The van der Waals surface area contributed by atoms with E-state index in [-0.39, 0.29) is 42.3 Å². The van der Waals surface area contributed by atoms with Crippen LogP contribution >= 0.6 is 46.9 Å². The number of rotatable bonds is 7. The first-order valence-electron chi connectivity index (χ1n) is 10.7. The summed E-state index contributed by atoms with van der Waals surface area (Å²) >= 11 is 14.1. The van der Waals surface area contributed by atoms with Gasteiger partial charge >= 0.3 is 0 Å². The van der Waals surface area contributed by atoms with Crippen molar-refractivity contribution in [2.24, 2.45) is 0 Å². The second-order valence-corrected chi connectivity index (χ2v) is 13.6. The van der Waals surface area contributed by atoms with Crippen molar-refractivity contribution in [3.8, 4) is 0 Å². The van der Waals surface area contributed by atoms with Crippen LogP contribution in [0.1, 0.15) is 28.8 Å². The van der Waals surface area contributed by atoms with Gasteiger partial charge in [0.05, 0.1) is 23.0 Å². The van der Waals surface area contributed by atoms with Crippen molar-refractivity contribution in [2.45, 2.75) is 32.4 Å². The Morgan fingerprint density at radius 2 is 2.03 bits per heavy atom. The minimum atomic E-state index is -3.15. The first-order valence-corrected chi connectivity index (χ1v) is 15.0. The average Bonchev–Trinajstić information content (AvgIpc) is 3.43. The number of hydrogen-bond donors (Lipinski definition) is 0. The lowest BCUT2D eigenvalue weighted by Gasteiger charge is -2.29. The molecule has 2 amide bonds. The molecule has 2 aliphatic heterocycles. The molecule has 2 saturated heterocycles. The molecule has 0 radical (unpaired) electrons. The molecule has 180 valence electrons. The minimum absolute atomic E-state index is 0.0198. The zero-order valence-corrected chi connectivity index (χ0v) is 22.4. The molecule has 4 rings (SSSR count). The number of amides is 2. The summed E-state index contributed by atoms with van der Waals surface area (Å²) in [6.07, 6.45) is 2.26. The maximum absolute atomic E-state index is 13.3. The Morgan fingerprint density at radius 3 is 2.65 bits per heavy atom. The van der Waals surface area contributed by atoms with Crippen LogP contribution in [0.5, 0.6) is 0 Å². The smallest absolute Gasteiger partial charge is 0.266 e. The van der Waals surface area contributed by atoms with Gasteiger partial charge in [0.1, 0.15) is 4.32 Å². The number of carbonyl (C=O) groups is 2. The van der Waals surface area contributed by atoms with E-state index >= 15 is 0 Å². The Hall–Kier alpha value is -1.72. The van der Waals surface area contributed by atoms with E-state index in [2.05, 4.69) is 0 Å². The highest BCUT2D eigenvalue weighted by atomic mass is 35.5. The fourth-order valence-electron chi connectivity index (χ4n) is 3.92. The fraction of sp³-hybridized carbons (Fsp3) is 0.348. The standard InChI is InChI=1S/C23H23ClN2O4S4/c1-15-7-10-32-20(15)13-26(18-8-11-34(29,30)14-18)21(27)6-9-25-22(28)19(33-23(25)31)12-16-2-4-17(24)5-3-16/h2-5,7,10,12,18H,6,8-9,11,13-14H2,1H3/b19-12-. The van der Waals surface area contributed by atoms with E-state index in [1.54, 1.807) is 34.4 Å². The van der Waals surface area contributed by atoms with E-state index in [1.165, 1.54) is 16.7 Å². The predicted octanol–water partition coefficient (Wildman–Crippen LogP) is 4.52. The molecule has 1 atom stereocenters. The number of carbonyl (C=O) groups excluding carboxylic acids is 2. The van der Waals surface area contributed by atoms with Crippen molar-refractivity contribution >= 4 is 79.0 Å². The second-order valence-electron chi connectivity index (χ2n) is 8.24. The summed E-state index contributed by atoms with van der Waals surface area (Å²) in [4.78, 5) is 30.9. The average molecular weight is 555 g/mol. The van der Waals surface area contributed by atoms with E-state index in [4.69, 9.17) is 23.8 Å². The van der Waals surface area contributed by atoms with Gasteiger partial charge in [0.15, 0.2) is 9.84 Å². The Balaban J connectivity index is 1.45. The first-order chi connectivity index (χ1) is 16.1. The van der Waals surface area contributed by atoms with Gasteiger partial charge < -0.3 is 4.90 Å². The van der Waals surface area contributed by atoms with Crippen molar-refractivity contribution in [3.63, 3.8) is 0 Å². The Labute approximate surface area is 217 Å². The van der Waals surface area contributed by atoms with Crippen LogP contribution in [0.2, 0.25) is 5.02 Å². The fourth-order valence-corrected chi connectivity index (χ4v) is 7.99. The molecule has 34 heavy (non-hydrogen) atoms. The summed E-state index contributed by atoms with van der Waals surface area (Å²) in [5, 5.41) is 2.58. The van der Waals surface area contributed by atoms with Crippen LogP contribution in [0.25, 0.3) is 6.08 Å². The topological polar surface area (TPSA) is 74.8 Å². The minimum Gasteiger partial charge on any atom is -0.333 e. The molecule has 2 aliphatic rings. The molecule has 0 bridgehead atoms. The molecule has 0 saturated carbocycles. The van der Waals surface area contributed by atoms with Gasteiger partial charge in [-0.05, 0) is 54.1 Å². The number of thiophene rings is 1. The van der Waals surface area contributed by atoms with E-state index in [1.807, 2.05) is 30.5 Å². The van der Waals surface area contributed by atoms with Crippen molar-refractivity contribution in [3.05, 3.63) is 61.6 Å². The van der Waals surface area contributed by atoms with E-state index < -0.39 is 9.84 Å². The molecule has 2 fully saturated rings. The second kappa shape index (κ2) is 10.5. The normalized spacial score (nSPS) is 20.9. The summed E-state index contributed by atoms with van der Waals surface area (Å²) in [5.41, 5.74) is 1.91. The highest BCUT2D eigenvalue weighted by Gasteiger charge is 2.36. The van der Waals surface area contributed by atoms with Crippen LogP contribution < -0.4 is 0 Å². The quantitative estimate of drug-likeness (QED) is 0.370. The summed E-state index contributed by atoms with van der Waals surface area (Å²) in [7, 11) is -3.15. The van der Waals surface area contributed by atoms with Gasteiger partial charge in [0.2, 0.25) is 5.91 Å². The number of nitrogens with zero attached hydrogens (tertiary/aromatic N) is 2. The third-order valence-corrected chi connectivity index (χ3v) is 10.2. The van der Waals surface area contributed by atoms with Crippen molar-refractivity contribution < 1.29 is 18.0 Å². The maximum atomic E-state index is 13.3. The lowest BCUT2D eigenvalue weighted by Crippen LogP contribution is -2.42. The molecular formula is C23H23ClN2O4S4. The monoisotopic (exact) mass is 554 g/mol. The summed E-state index contributed by atoms with van der Waals surface area (Å²) < 4.78 is 24.6. The zero-order chi connectivity index (χ0) is 24.5. The van der Waals surface area contributed by atoms with Crippen LogP contribution in [0.4, 0.5) is 0 Å². The van der Waals surface area contributed by atoms with Gasteiger partial charge in [-0.15, -0.1) is 11.3 Å². The number of thiocarbonyl (C=S) groups is 1. The van der Waals surface area contributed by atoms with E-state index in [9.17, 15) is 18.0 Å². The Kier molecular flexibility index (Phi) is 7.83. The van der Waals surface area contributed by atoms with E-state index in [0.29, 0.717) is 27.2 Å². The predicted molar refractivity (Wildman–Crippen MR) is 143 cm³/mol. The van der Waals surface area contributed by atoms with Gasteiger partial charge in [-0.25, -0.2) is 8.42 Å². The molecule has 1 unspecified atom stereocenters. The number of halogens is 1. The molecule has 3 heterocycles. The SMILES string of the molecule is Cc1ccsc1CN(C(=O)CCN1C(=O)/C(=C/c2ccc(Cl)cc2)SC1=S)C1CCS(=O)(=O)C1. The summed E-state index contributed by atoms with van der Waals surface area (Å²) in [5.74, 6) is -0.337. The highest BCUT2D eigenvalue weighted by Crippen LogP contribution is 2.33. The summed E-state index contributed by atoms with van der Waals surface area (Å²) in [6, 6.07) is 8.77. The van der Waals surface area contributed by atoms with Gasteiger partial charge in [0.25, 0.3) is 5.91 Å². The van der Waals surface area contributed by atoms with Gasteiger partial charge in [-0.1, -0.05) is 47.7 Å². The van der Waals surface area contributed by atoms with Gasteiger partial charge in [-0.3, -0.25) is 14.5 Å². The highest BCUT2D eigenvalue weighted by molar-refractivity contribution is 8.26. The van der Waals surface area contributed by atoms with Crippen molar-refractivity contribution in [1.29, 1.82) is 0 Å². The third-order valence-electron chi connectivity index (χ3n) is 5.84. The van der Waals surface area contributed by atoms with Crippen LogP contribution in [0, 0.1) is 6.92 Å². The van der Waals surface area contributed by atoms with Gasteiger partial charge in [-0.2, -0.15) is 0 Å².